The zero-order chi connectivity index (χ0) is 27.5. The van der Waals surface area contributed by atoms with Crippen LogP contribution in [0.1, 0.15) is 53.6 Å². The summed E-state index contributed by atoms with van der Waals surface area (Å²) >= 11 is 1.64. The Labute approximate surface area is 238 Å². The van der Waals surface area contributed by atoms with Crippen LogP contribution in [0.15, 0.2) is 66.7 Å². The number of carbonyl (C=O) groups is 2. The van der Waals surface area contributed by atoms with Crippen molar-refractivity contribution in [1.82, 2.24) is 10.2 Å². The van der Waals surface area contributed by atoms with E-state index in [0.717, 1.165) is 75.6 Å². The molecule has 3 aromatic carbocycles. The minimum atomic E-state index is -0.00240. The molecule has 6 nitrogen and oxygen atoms in total. The lowest BCUT2D eigenvalue weighted by Crippen LogP contribution is -2.26. The smallest absolute Gasteiger partial charge is 0.220 e. The zero-order valence-corrected chi connectivity index (χ0v) is 23.6. The van der Waals surface area contributed by atoms with Crippen molar-refractivity contribution in [3.63, 3.8) is 0 Å². The van der Waals surface area contributed by atoms with Crippen LogP contribution in [-0.2, 0) is 11.3 Å². The number of hydrogen-bond donors (Lipinski definition) is 1. The molecule has 2 fully saturated rings. The maximum absolute atomic E-state index is 14.1. The highest BCUT2D eigenvalue weighted by Crippen LogP contribution is 2.40. The highest BCUT2D eigenvalue weighted by Gasteiger charge is 2.23. The van der Waals surface area contributed by atoms with Crippen LogP contribution in [0, 0.1) is 0 Å². The Bertz CT molecular complexity index is 1520. The number of likely N-dealkylation sites (tertiary alicyclic amines) is 1. The minimum Gasteiger partial charge on any atom is -0.496 e. The summed E-state index contributed by atoms with van der Waals surface area (Å²) in [6.45, 7) is 3.60. The fourth-order valence-corrected chi connectivity index (χ4v) is 6.94. The van der Waals surface area contributed by atoms with Gasteiger partial charge < -0.3 is 14.8 Å². The largest absolute Gasteiger partial charge is 0.496 e. The Kier molecular flexibility index (Phi) is 7.84. The van der Waals surface area contributed by atoms with Crippen molar-refractivity contribution in [1.29, 1.82) is 0 Å². The summed E-state index contributed by atoms with van der Waals surface area (Å²) in [6.07, 6.45) is 4.74. The molecule has 2 aliphatic heterocycles. The van der Waals surface area contributed by atoms with Crippen molar-refractivity contribution >= 4 is 33.1 Å². The molecule has 1 amide bonds. The van der Waals surface area contributed by atoms with Crippen molar-refractivity contribution in [3.8, 4) is 21.9 Å². The van der Waals surface area contributed by atoms with Gasteiger partial charge in [0.1, 0.15) is 11.5 Å². The van der Waals surface area contributed by atoms with Crippen LogP contribution < -0.4 is 14.8 Å². The van der Waals surface area contributed by atoms with Gasteiger partial charge in [-0.1, -0.05) is 30.3 Å². The molecule has 1 aromatic heterocycles. The van der Waals surface area contributed by atoms with E-state index < -0.39 is 0 Å². The Morgan fingerprint density at radius 2 is 1.85 bits per heavy atom. The van der Waals surface area contributed by atoms with Gasteiger partial charge in [-0.25, -0.2) is 0 Å². The molecule has 0 saturated carbocycles. The number of methoxy groups -OCH3 is 1. The number of amides is 1. The van der Waals surface area contributed by atoms with Gasteiger partial charge in [-0.3, -0.25) is 14.5 Å². The fraction of sp³-hybridized carbons (Fsp3) is 0.333. The number of ether oxygens (including phenoxy) is 2. The Hall–Kier alpha value is -3.68. The maximum atomic E-state index is 14.1. The lowest BCUT2D eigenvalue weighted by molar-refractivity contribution is -0.119. The lowest BCUT2D eigenvalue weighted by atomic mass is 9.96. The average molecular weight is 555 g/mol. The number of hydrogen-bond acceptors (Lipinski definition) is 6. The average Bonchev–Trinajstić information content (AvgIpc) is 3.73. The third-order valence-corrected chi connectivity index (χ3v) is 9.12. The van der Waals surface area contributed by atoms with Crippen molar-refractivity contribution in [2.24, 2.45) is 0 Å². The second kappa shape index (κ2) is 11.8. The van der Waals surface area contributed by atoms with Crippen LogP contribution >= 0.6 is 11.3 Å². The van der Waals surface area contributed by atoms with E-state index >= 15 is 0 Å². The van der Waals surface area contributed by atoms with Gasteiger partial charge in [0, 0.05) is 57.1 Å². The first-order valence-electron chi connectivity index (χ1n) is 14.1. The van der Waals surface area contributed by atoms with Gasteiger partial charge in [0.05, 0.1) is 13.7 Å². The summed E-state index contributed by atoms with van der Waals surface area (Å²) in [7, 11) is 1.68. The third-order valence-electron chi connectivity index (χ3n) is 7.90. The molecule has 40 heavy (non-hydrogen) atoms. The van der Waals surface area contributed by atoms with Gasteiger partial charge in [-0.05, 0) is 74.3 Å². The number of nitrogens with one attached hydrogen (secondary N) is 1. The molecule has 3 heterocycles. The summed E-state index contributed by atoms with van der Waals surface area (Å²) < 4.78 is 12.8. The van der Waals surface area contributed by atoms with Crippen LogP contribution in [0.3, 0.4) is 0 Å². The summed E-state index contributed by atoms with van der Waals surface area (Å²) in [6, 6.07) is 22.1. The second-order valence-electron chi connectivity index (χ2n) is 10.6. The van der Waals surface area contributed by atoms with Gasteiger partial charge in [0.25, 0.3) is 0 Å². The van der Waals surface area contributed by atoms with Gasteiger partial charge in [0.2, 0.25) is 5.91 Å². The quantitative estimate of drug-likeness (QED) is 0.228. The Balaban J connectivity index is 1.25. The number of thiophene rings is 1. The van der Waals surface area contributed by atoms with Crippen molar-refractivity contribution in [2.75, 3.05) is 26.8 Å². The molecule has 6 rings (SSSR count). The molecule has 0 aliphatic carbocycles. The molecule has 7 heteroatoms. The zero-order valence-electron chi connectivity index (χ0n) is 22.8. The molecule has 0 radical (unpaired) electrons. The van der Waals surface area contributed by atoms with E-state index in [4.69, 9.17) is 9.47 Å². The number of carbonyl (C=O) groups excluding carboxylic acids is 2. The molecule has 0 bridgehead atoms. The monoisotopic (exact) mass is 554 g/mol. The number of fused-ring (bicyclic) bond motifs is 1. The number of benzene rings is 3. The van der Waals surface area contributed by atoms with Crippen molar-refractivity contribution in [3.05, 3.63) is 83.4 Å². The molecule has 0 unspecified atom stereocenters. The van der Waals surface area contributed by atoms with E-state index in [1.165, 1.54) is 12.8 Å². The van der Waals surface area contributed by atoms with Crippen LogP contribution in [-0.4, -0.2) is 49.4 Å². The van der Waals surface area contributed by atoms with Crippen LogP contribution in [0.25, 0.3) is 20.5 Å². The van der Waals surface area contributed by atoms with E-state index in [0.29, 0.717) is 18.6 Å². The maximum Gasteiger partial charge on any atom is 0.220 e. The first kappa shape index (κ1) is 26.5. The van der Waals surface area contributed by atoms with Gasteiger partial charge in [0.15, 0.2) is 5.78 Å². The Morgan fingerprint density at radius 1 is 1.05 bits per heavy atom. The third kappa shape index (κ3) is 5.62. The summed E-state index contributed by atoms with van der Waals surface area (Å²) in [5, 5.41) is 3.94. The van der Waals surface area contributed by atoms with Gasteiger partial charge >= 0.3 is 0 Å². The van der Waals surface area contributed by atoms with E-state index in [-0.39, 0.29) is 17.7 Å². The molecule has 4 aromatic rings. The summed E-state index contributed by atoms with van der Waals surface area (Å²) in [5.74, 6) is 1.66. The number of rotatable bonds is 10. The number of ketones is 1. The molecular weight excluding hydrogens is 520 g/mol. The first-order valence-corrected chi connectivity index (χ1v) is 14.9. The summed E-state index contributed by atoms with van der Waals surface area (Å²) in [5.41, 5.74) is 3.45. The van der Waals surface area contributed by atoms with E-state index in [2.05, 4.69) is 16.3 Å². The van der Waals surface area contributed by atoms with E-state index in [9.17, 15) is 9.59 Å². The molecule has 206 valence electrons. The van der Waals surface area contributed by atoms with Crippen LogP contribution in [0.2, 0.25) is 0 Å². The predicted molar refractivity (Wildman–Crippen MR) is 159 cm³/mol. The molecule has 1 N–H and O–H groups in total. The SMILES string of the molecule is COc1cc(C(=O)c2c(-c3ccc(OCC[C@@H]4CCC(=O)N4)cc3)sc3ccccc23)ccc1CN1CCCC1. The predicted octanol–water partition coefficient (Wildman–Crippen LogP) is 6.45. The first-order chi connectivity index (χ1) is 19.6. The minimum absolute atomic E-state index is 0.00240. The highest BCUT2D eigenvalue weighted by atomic mass is 32.1. The number of nitrogens with zero attached hydrogens (tertiary/aromatic N) is 1. The Morgan fingerprint density at radius 3 is 2.60 bits per heavy atom. The second-order valence-corrected chi connectivity index (χ2v) is 11.7. The molecule has 2 saturated heterocycles. The standard InChI is InChI=1S/C33H34N2O4S/c1-38-28-20-23(8-9-24(28)21-35-17-4-5-18-35)32(37)31-27-6-2-3-7-29(27)40-33(31)22-10-13-26(14-11-22)39-19-16-25-12-15-30(36)34-25/h2-3,6-11,13-14,20,25H,4-5,12,15-19,21H2,1H3,(H,34,36)/t25-/m0/s1. The van der Waals surface area contributed by atoms with E-state index in [1.807, 2.05) is 60.7 Å². The van der Waals surface area contributed by atoms with Crippen molar-refractivity contribution in [2.45, 2.75) is 44.7 Å². The van der Waals surface area contributed by atoms with Crippen LogP contribution in [0.5, 0.6) is 11.5 Å². The lowest BCUT2D eigenvalue weighted by Gasteiger charge is -2.17. The van der Waals surface area contributed by atoms with Crippen molar-refractivity contribution < 1.29 is 19.1 Å². The van der Waals surface area contributed by atoms with Gasteiger partial charge in [-0.2, -0.15) is 0 Å². The normalized spacial score (nSPS) is 17.3. The fourth-order valence-electron chi connectivity index (χ4n) is 5.73. The van der Waals surface area contributed by atoms with E-state index in [1.54, 1.807) is 18.4 Å². The topological polar surface area (TPSA) is 67.9 Å². The molecule has 0 spiro atoms. The molecule has 1 atom stereocenters. The molecule has 2 aliphatic rings. The van der Waals surface area contributed by atoms with Crippen LogP contribution in [0.4, 0.5) is 0 Å². The molecular formula is C33H34N2O4S. The highest BCUT2D eigenvalue weighted by molar-refractivity contribution is 7.22. The summed E-state index contributed by atoms with van der Waals surface area (Å²) in [4.78, 5) is 28.9. The van der Waals surface area contributed by atoms with Gasteiger partial charge in [-0.15, -0.1) is 11.3 Å².